The van der Waals surface area contributed by atoms with Crippen molar-refractivity contribution in [3.63, 3.8) is 0 Å². The molecule has 0 atom stereocenters. The summed E-state index contributed by atoms with van der Waals surface area (Å²) in [5.74, 6) is 0.162. The fourth-order valence-corrected chi connectivity index (χ4v) is 2.69. The van der Waals surface area contributed by atoms with Gasteiger partial charge in [-0.1, -0.05) is 15.9 Å². The second kappa shape index (κ2) is 6.42. The normalized spacial score (nSPS) is 14.9. The van der Waals surface area contributed by atoms with E-state index in [0.717, 1.165) is 36.0 Å². The van der Waals surface area contributed by atoms with Crippen LogP contribution in [0.5, 0.6) is 0 Å². The quantitative estimate of drug-likeness (QED) is 0.777. The Morgan fingerprint density at radius 3 is 2.32 bits per heavy atom. The zero-order chi connectivity index (χ0) is 13.8. The topological polar surface area (TPSA) is 23.6 Å². The summed E-state index contributed by atoms with van der Waals surface area (Å²) < 4.78 is 0. The van der Waals surface area contributed by atoms with Gasteiger partial charge in [-0.3, -0.25) is 4.79 Å². The number of carbonyl (C=O) groups is 1. The van der Waals surface area contributed by atoms with E-state index in [1.807, 2.05) is 48.2 Å². The lowest BCUT2D eigenvalue weighted by Gasteiger charge is -2.37. The summed E-state index contributed by atoms with van der Waals surface area (Å²) in [7, 11) is 4.00. The number of amides is 1. The molecule has 0 unspecified atom stereocenters. The number of alkyl halides is 1. The zero-order valence-electron chi connectivity index (χ0n) is 11.6. The lowest BCUT2D eigenvalue weighted by Crippen LogP contribution is -2.45. The van der Waals surface area contributed by atoms with Crippen LogP contribution in [-0.4, -0.2) is 42.8 Å². The molecule has 0 radical (unpaired) electrons. The minimum absolute atomic E-state index is 0.162. The van der Waals surface area contributed by atoms with Crippen LogP contribution in [0.3, 0.4) is 0 Å². The van der Waals surface area contributed by atoms with Crippen molar-refractivity contribution in [2.75, 3.05) is 30.9 Å². The first-order chi connectivity index (χ1) is 9.13. The van der Waals surface area contributed by atoms with E-state index in [4.69, 9.17) is 0 Å². The second-order valence-electron chi connectivity index (χ2n) is 5.21. The molecular weight excluding hydrogens is 304 g/mol. The van der Waals surface area contributed by atoms with Gasteiger partial charge in [0.05, 0.1) is 0 Å². The molecular formula is C15H21BrN2O. The van der Waals surface area contributed by atoms with Crippen LogP contribution in [0.15, 0.2) is 24.3 Å². The van der Waals surface area contributed by atoms with Crippen molar-refractivity contribution in [1.82, 2.24) is 4.90 Å². The van der Waals surface area contributed by atoms with E-state index in [0.29, 0.717) is 6.04 Å². The standard InChI is InChI=1S/C15H21BrN2O/c1-17(2)13-8-6-12(7-9-13)15(19)18(11-10-16)14-4-3-5-14/h6-9,14H,3-5,10-11H2,1-2H3. The minimum atomic E-state index is 0.162. The first kappa shape index (κ1) is 14.4. The third kappa shape index (κ3) is 3.30. The lowest BCUT2D eigenvalue weighted by atomic mass is 9.91. The molecule has 1 aliphatic rings. The Kier molecular flexibility index (Phi) is 4.86. The van der Waals surface area contributed by atoms with Gasteiger partial charge in [0.15, 0.2) is 0 Å². The molecule has 0 N–H and O–H groups in total. The molecule has 0 aliphatic heterocycles. The van der Waals surface area contributed by atoms with E-state index >= 15 is 0 Å². The van der Waals surface area contributed by atoms with Crippen molar-refractivity contribution in [3.8, 4) is 0 Å². The number of nitrogens with zero attached hydrogens (tertiary/aromatic N) is 2. The van der Waals surface area contributed by atoms with Crippen LogP contribution < -0.4 is 4.90 Å². The van der Waals surface area contributed by atoms with Gasteiger partial charge < -0.3 is 9.80 Å². The molecule has 1 aromatic carbocycles. The van der Waals surface area contributed by atoms with E-state index < -0.39 is 0 Å². The zero-order valence-corrected chi connectivity index (χ0v) is 13.2. The summed E-state index contributed by atoms with van der Waals surface area (Å²) in [5.41, 5.74) is 1.91. The molecule has 1 saturated carbocycles. The minimum Gasteiger partial charge on any atom is -0.378 e. The van der Waals surface area contributed by atoms with Crippen LogP contribution in [0.4, 0.5) is 5.69 Å². The maximum Gasteiger partial charge on any atom is 0.254 e. The predicted molar refractivity (Wildman–Crippen MR) is 83.2 cm³/mol. The fraction of sp³-hybridized carbons (Fsp3) is 0.533. The third-order valence-electron chi connectivity index (χ3n) is 3.73. The molecule has 0 bridgehead atoms. The van der Waals surface area contributed by atoms with Crippen molar-refractivity contribution < 1.29 is 4.79 Å². The highest BCUT2D eigenvalue weighted by atomic mass is 79.9. The van der Waals surface area contributed by atoms with Gasteiger partial charge in [-0.2, -0.15) is 0 Å². The molecule has 0 saturated heterocycles. The highest BCUT2D eigenvalue weighted by molar-refractivity contribution is 9.09. The average Bonchev–Trinajstić information content (AvgIpc) is 2.35. The molecule has 4 heteroatoms. The Morgan fingerprint density at radius 1 is 1.26 bits per heavy atom. The number of hydrogen-bond donors (Lipinski definition) is 0. The molecule has 2 rings (SSSR count). The van der Waals surface area contributed by atoms with Gasteiger partial charge in [0.25, 0.3) is 5.91 Å². The number of carbonyl (C=O) groups excluding carboxylic acids is 1. The summed E-state index contributed by atoms with van der Waals surface area (Å²) in [5, 5.41) is 0.838. The smallest absolute Gasteiger partial charge is 0.254 e. The van der Waals surface area contributed by atoms with Crippen LogP contribution in [0, 0.1) is 0 Å². The van der Waals surface area contributed by atoms with Gasteiger partial charge in [0, 0.05) is 43.3 Å². The molecule has 1 amide bonds. The van der Waals surface area contributed by atoms with E-state index in [-0.39, 0.29) is 5.91 Å². The van der Waals surface area contributed by atoms with Crippen molar-refractivity contribution in [2.45, 2.75) is 25.3 Å². The number of hydrogen-bond acceptors (Lipinski definition) is 2. The van der Waals surface area contributed by atoms with Crippen molar-refractivity contribution in [3.05, 3.63) is 29.8 Å². The summed E-state index contributed by atoms with van der Waals surface area (Å²) in [6.45, 7) is 0.791. The van der Waals surface area contributed by atoms with Crippen molar-refractivity contribution in [1.29, 1.82) is 0 Å². The molecule has 1 fully saturated rings. The number of benzene rings is 1. The summed E-state index contributed by atoms with van der Waals surface area (Å²) in [4.78, 5) is 16.6. The van der Waals surface area contributed by atoms with E-state index in [1.165, 1.54) is 6.42 Å². The maximum atomic E-state index is 12.5. The van der Waals surface area contributed by atoms with Crippen LogP contribution in [0.2, 0.25) is 0 Å². The van der Waals surface area contributed by atoms with Gasteiger partial charge >= 0.3 is 0 Å². The summed E-state index contributed by atoms with van der Waals surface area (Å²) in [6.07, 6.45) is 3.54. The number of rotatable bonds is 5. The van der Waals surface area contributed by atoms with Crippen molar-refractivity contribution >= 4 is 27.5 Å². The fourth-order valence-electron chi connectivity index (χ4n) is 2.31. The molecule has 0 heterocycles. The van der Waals surface area contributed by atoms with Gasteiger partial charge in [0.2, 0.25) is 0 Å². The molecule has 1 aliphatic carbocycles. The predicted octanol–water partition coefficient (Wildman–Crippen LogP) is 3.14. The SMILES string of the molecule is CN(C)c1ccc(C(=O)N(CCBr)C2CCC2)cc1. The Morgan fingerprint density at radius 2 is 1.89 bits per heavy atom. The highest BCUT2D eigenvalue weighted by Gasteiger charge is 2.28. The Hall–Kier alpha value is -1.03. The van der Waals surface area contributed by atoms with Gasteiger partial charge in [0.1, 0.15) is 0 Å². The third-order valence-corrected chi connectivity index (χ3v) is 4.09. The van der Waals surface area contributed by atoms with Crippen LogP contribution >= 0.6 is 15.9 Å². The van der Waals surface area contributed by atoms with Crippen molar-refractivity contribution in [2.24, 2.45) is 0 Å². The van der Waals surface area contributed by atoms with E-state index in [2.05, 4.69) is 15.9 Å². The second-order valence-corrected chi connectivity index (χ2v) is 6.01. The number of anilines is 1. The average molecular weight is 325 g/mol. The molecule has 19 heavy (non-hydrogen) atoms. The van der Waals surface area contributed by atoms with E-state index in [9.17, 15) is 4.79 Å². The summed E-state index contributed by atoms with van der Waals surface area (Å²) >= 11 is 3.44. The lowest BCUT2D eigenvalue weighted by molar-refractivity contribution is 0.0599. The van der Waals surface area contributed by atoms with Gasteiger partial charge in [-0.05, 0) is 43.5 Å². The van der Waals surface area contributed by atoms with Crippen LogP contribution in [0.25, 0.3) is 0 Å². The monoisotopic (exact) mass is 324 g/mol. The first-order valence-corrected chi connectivity index (χ1v) is 7.90. The summed E-state index contributed by atoms with van der Waals surface area (Å²) in [6, 6.07) is 8.30. The molecule has 0 aromatic heterocycles. The van der Waals surface area contributed by atoms with Crippen LogP contribution in [-0.2, 0) is 0 Å². The first-order valence-electron chi connectivity index (χ1n) is 6.78. The Labute approximate surface area is 123 Å². The number of halogens is 1. The Balaban J connectivity index is 2.11. The van der Waals surface area contributed by atoms with Crippen LogP contribution in [0.1, 0.15) is 29.6 Å². The maximum absolute atomic E-state index is 12.5. The highest BCUT2D eigenvalue weighted by Crippen LogP contribution is 2.26. The largest absolute Gasteiger partial charge is 0.378 e. The molecule has 104 valence electrons. The molecule has 3 nitrogen and oxygen atoms in total. The Bertz CT molecular complexity index is 426. The van der Waals surface area contributed by atoms with E-state index in [1.54, 1.807) is 0 Å². The molecule has 0 spiro atoms. The molecule has 1 aromatic rings. The van der Waals surface area contributed by atoms with Gasteiger partial charge in [-0.25, -0.2) is 0 Å². The van der Waals surface area contributed by atoms with Gasteiger partial charge in [-0.15, -0.1) is 0 Å².